The highest BCUT2D eigenvalue weighted by Crippen LogP contribution is 2.08. The molecule has 23 heavy (non-hydrogen) atoms. The summed E-state index contributed by atoms with van der Waals surface area (Å²) in [5.41, 5.74) is 1.05. The van der Waals surface area contributed by atoms with Crippen LogP contribution in [-0.4, -0.2) is 50.5 Å². The minimum atomic E-state index is 0. The van der Waals surface area contributed by atoms with Gasteiger partial charge in [0, 0.05) is 39.5 Å². The predicted molar refractivity (Wildman–Crippen MR) is 103 cm³/mol. The first-order chi connectivity index (χ1) is 10.8. The minimum Gasteiger partial charge on any atom is -0.379 e. The highest BCUT2D eigenvalue weighted by atomic mass is 127. The maximum Gasteiger partial charge on any atom is 0.191 e. The average molecular weight is 455 g/mol. The molecule has 0 saturated carbocycles. The first kappa shape index (κ1) is 20.4. The lowest BCUT2D eigenvalue weighted by molar-refractivity contribution is 0.0420. The van der Waals surface area contributed by atoms with Crippen molar-refractivity contribution >= 4 is 41.5 Å². The molecule has 0 aliphatic carbocycles. The summed E-state index contributed by atoms with van der Waals surface area (Å²) < 4.78 is 11.0. The fourth-order valence-electron chi connectivity index (χ4n) is 2.09. The summed E-state index contributed by atoms with van der Waals surface area (Å²) in [5, 5.41) is 6.99. The molecule has 1 fully saturated rings. The van der Waals surface area contributed by atoms with Crippen LogP contribution in [0.2, 0.25) is 5.15 Å². The first-order valence-corrected chi connectivity index (χ1v) is 7.90. The van der Waals surface area contributed by atoms with E-state index >= 15 is 0 Å². The molecule has 0 amide bonds. The summed E-state index contributed by atoms with van der Waals surface area (Å²) in [5.74, 6) is 0.763. The molecule has 0 spiro atoms. The third-order valence-electron chi connectivity index (χ3n) is 3.33. The van der Waals surface area contributed by atoms with Gasteiger partial charge in [0.25, 0.3) is 0 Å². The van der Waals surface area contributed by atoms with Crippen molar-refractivity contribution in [1.29, 1.82) is 0 Å². The molecule has 1 aromatic heterocycles. The van der Waals surface area contributed by atoms with Crippen LogP contribution in [0, 0.1) is 0 Å². The SMILES string of the molecule is CN=C(NCCCOC1CCOC1)NCc1ccc(Cl)nc1.I. The van der Waals surface area contributed by atoms with Gasteiger partial charge in [0.15, 0.2) is 5.96 Å². The second-order valence-corrected chi connectivity index (χ2v) is 5.44. The van der Waals surface area contributed by atoms with Crippen LogP contribution in [0.15, 0.2) is 23.3 Å². The number of nitrogens with zero attached hydrogens (tertiary/aromatic N) is 2. The zero-order valence-electron chi connectivity index (χ0n) is 13.3. The van der Waals surface area contributed by atoms with Gasteiger partial charge in [-0.2, -0.15) is 0 Å². The van der Waals surface area contributed by atoms with Crippen LogP contribution in [0.4, 0.5) is 0 Å². The van der Waals surface area contributed by atoms with Gasteiger partial charge in [-0.05, 0) is 24.5 Å². The van der Waals surface area contributed by atoms with E-state index in [9.17, 15) is 0 Å². The Kier molecular flexibility index (Phi) is 10.5. The Morgan fingerprint density at radius 3 is 3.00 bits per heavy atom. The molecular formula is C15H24ClIN4O2. The number of halogens is 2. The highest BCUT2D eigenvalue weighted by Gasteiger charge is 2.15. The molecule has 1 aliphatic rings. The standard InChI is InChI=1S/C15H23ClN4O2.HI/c1-17-15(20-10-12-3-4-14(16)19-9-12)18-6-2-7-22-13-5-8-21-11-13;/h3-4,9,13H,2,5-8,10-11H2,1H3,(H2,17,18,20);1H. The lowest BCUT2D eigenvalue weighted by Gasteiger charge is -2.13. The number of nitrogens with one attached hydrogen (secondary N) is 2. The number of aromatic nitrogens is 1. The quantitative estimate of drug-likeness (QED) is 0.217. The van der Waals surface area contributed by atoms with Crippen molar-refractivity contribution in [2.75, 3.05) is 33.4 Å². The van der Waals surface area contributed by atoms with E-state index in [2.05, 4.69) is 20.6 Å². The van der Waals surface area contributed by atoms with E-state index in [4.69, 9.17) is 21.1 Å². The Balaban J connectivity index is 0.00000264. The molecule has 2 heterocycles. The van der Waals surface area contributed by atoms with Gasteiger partial charge in [-0.25, -0.2) is 4.98 Å². The molecular weight excluding hydrogens is 431 g/mol. The fraction of sp³-hybridized carbons (Fsp3) is 0.600. The lowest BCUT2D eigenvalue weighted by Crippen LogP contribution is -2.37. The molecule has 0 radical (unpaired) electrons. The predicted octanol–water partition coefficient (Wildman–Crippen LogP) is 2.21. The Morgan fingerprint density at radius 1 is 1.48 bits per heavy atom. The van der Waals surface area contributed by atoms with E-state index in [-0.39, 0.29) is 30.1 Å². The van der Waals surface area contributed by atoms with Crippen molar-refractivity contribution in [3.8, 4) is 0 Å². The molecule has 2 rings (SSSR count). The summed E-state index contributed by atoms with van der Waals surface area (Å²) in [7, 11) is 1.75. The van der Waals surface area contributed by atoms with Gasteiger partial charge in [-0.1, -0.05) is 17.7 Å². The molecule has 8 heteroatoms. The summed E-state index contributed by atoms with van der Waals surface area (Å²) in [6, 6.07) is 3.71. The van der Waals surface area contributed by atoms with Crippen LogP contribution in [0.25, 0.3) is 0 Å². The summed E-state index contributed by atoms with van der Waals surface area (Å²) in [6.45, 7) is 3.75. The smallest absolute Gasteiger partial charge is 0.191 e. The van der Waals surface area contributed by atoms with Crippen LogP contribution < -0.4 is 10.6 Å². The van der Waals surface area contributed by atoms with Crippen molar-refractivity contribution in [3.05, 3.63) is 29.0 Å². The summed E-state index contributed by atoms with van der Waals surface area (Å²) in [6.07, 6.45) is 3.96. The maximum absolute atomic E-state index is 5.76. The van der Waals surface area contributed by atoms with Crippen LogP contribution in [0.3, 0.4) is 0 Å². The normalized spacial score (nSPS) is 17.7. The number of ether oxygens (including phenoxy) is 2. The third kappa shape index (κ3) is 8.14. The van der Waals surface area contributed by atoms with Crippen molar-refractivity contribution in [2.45, 2.75) is 25.5 Å². The van der Waals surface area contributed by atoms with Gasteiger partial charge in [0.05, 0.1) is 12.7 Å². The van der Waals surface area contributed by atoms with Crippen LogP contribution in [0.5, 0.6) is 0 Å². The van der Waals surface area contributed by atoms with E-state index in [1.54, 1.807) is 19.3 Å². The van der Waals surface area contributed by atoms with Gasteiger partial charge in [-0.15, -0.1) is 24.0 Å². The topological polar surface area (TPSA) is 67.8 Å². The number of rotatable bonds is 7. The number of aliphatic imine (C=N–C) groups is 1. The molecule has 1 aromatic rings. The van der Waals surface area contributed by atoms with Crippen LogP contribution >= 0.6 is 35.6 Å². The number of hydrogen-bond donors (Lipinski definition) is 2. The monoisotopic (exact) mass is 454 g/mol. The second kappa shape index (κ2) is 11.8. The average Bonchev–Trinajstić information content (AvgIpc) is 3.05. The van der Waals surface area contributed by atoms with Crippen molar-refractivity contribution in [3.63, 3.8) is 0 Å². The zero-order valence-corrected chi connectivity index (χ0v) is 16.3. The Labute approximate surface area is 159 Å². The van der Waals surface area contributed by atoms with Crippen LogP contribution in [-0.2, 0) is 16.0 Å². The Hall–Kier alpha value is -0.640. The number of pyridine rings is 1. The largest absolute Gasteiger partial charge is 0.379 e. The third-order valence-corrected chi connectivity index (χ3v) is 3.55. The van der Waals surface area contributed by atoms with Gasteiger partial charge in [-0.3, -0.25) is 4.99 Å². The van der Waals surface area contributed by atoms with Crippen molar-refractivity contribution in [1.82, 2.24) is 15.6 Å². The molecule has 6 nitrogen and oxygen atoms in total. The van der Waals surface area contributed by atoms with Gasteiger partial charge < -0.3 is 20.1 Å². The van der Waals surface area contributed by atoms with E-state index in [1.165, 1.54) is 0 Å². The second-order valence-electron chi connectivity index (χ2n) is 5.05. The first-order valence-electron chi connectivity index (χ1n) is 7.52. The molecule has 0 bridgehead atoms. The Bertz CT molecular complexity index is 467. The molecule has 130 valence electrons. The van der Waals surface area contributed by atoms with E-state index in [0.717, 1.165) is 50.7 Å². The molecule has 1 atom stereocenters. The molecule has 1 saturated heterocycles. The summed E-state index contributed by atoms with van der Waals surface area (Å²) >= 11 is 5.76. The van der Waals surface area contributed by atoms with Gasteiger partial charge in [0.2, 0.25) is 0 Å². The lowest BCUT2D eigenvalue weighted by atomic mass is 10.3. The number of hydrogen-bond acceptors (Lipinski definition) is 4. The molecule has 1 aliphatic heterocycles. The molecule has 0 aromatic carbocycles. The van der Waals surface area contributed by atoms with E-state index < -0.39 is 0 Å². The van der Waals surface area contributed by atoms with Gasteiger partial charge >= 0.3 is 0 Å². The molecule has 2 N–H and O–H groups in total. The molecule has 1 unspecified atom stereocenters. The maximum atomic E-state index is 5.76. The van der Waals surface area contributed by atoms with Crippen molar-refractivity contribution < 1.29 is 9.47 Å². The number of guanidine groups is 1. The highest BCUT2D eigenvalue weighted by molar-refractivity contribution is 14.0. The van der Waals surface area contributed by atoms with E-state index in [0.29, 0.717) is 11.7 Å². The fourth-order valence-corrected chi connectivity index (χ4v) is 2.20. The van der Waals surface area contributed by atoms with Crippen molar-refractivity contribution in [2.24, 2.45) is 4.99 Å². The minimum absolute atomic E-state index is 0. The van der Waals surface area contributed by atoms with E-state index in [1.807, 2.05) is 6.07 Å². The van der Waals surface area contributed by atoms with Gasteiger partial charge in [0.1, 0.15) is 5.15 Å². The Morgan fingerprint density at radius 2 is 2.35 bits per heavy atom. The zero-order chi connectivity index (χ0) is 15.6. The summed E-state index contributed by atoms with van der Waals surface area (Å²) in [4.78, 5) is 8.23. The van der Waals surface area contributed by atoms with Crippen LogP contribution in [0.1, 0.15) is 18.4 Å².